The van der Waals surface area contributed by atoms with Crippen LogP contribution in [0.25, 0.3) is 5.69 Å². The van der Waals surface area contributed by atoms with Crippen molar-refractivity contribution < 1.29 is 4.79 Å². The SMILES string of the molecule is Cl.NC1CCN(Cc2ccc(-n3ccc(NC(=O)N4CCC[C@@H](N)C4)nc3=O)cc2)CC1. The van der Waals surface area contributed by atoms with E-state index in [-0.39, 0.29) is 30.3 Å². The molecule has 1 aromatic carbocycles. The molecule has 2 amide bonds. The molecule has 0 unspecified atom stereocenters. The van der Waals surface area contributed by atoms with Gasteiger partial charge in [0.05, 0.1) is 5.69 Å². The average molecular weight is 462 g/mol. The average Bonchev–Trinajstić information content (AvgIpc) is 2.76. The lowest BCUT2D eigenvalue weighted by Crippen LogP contribution is -2.47. The quantitative estimate of drug-likeness (QED) is 0.634. The number of benzene rings is 1. The van der Waals surface area contributed by atoms with Crippen molar-refractivity contribution in [3.8, 4) is 5.69 Å². The van der Waals surface area contributed by atoms with Gasteiger partial charge in [-0.15, -0.1) is 12.4 Å². The molecular weight excluding hydrogens is 430 g/mol. The lowest BCUT2D eigenvalue weighted by molar-refractivity contribution is 0.193. The van der Waals surface area contributed by atoms with Crippen LogP contribution in [0.1, 0.15) is 31.2 Å². The molecule has 5 N–H and O–H groups in total. The third-order valence-electron chi connectivity index (χ3n) is 6.04. The van der Waals surface area contributed by atoms with Gasteiger partial charge in [0.2, 0.25) is 0 Å². The Balaban J connectivity index is 0.00000289. The minimum absolute atomic E-state index is 0. The van der Waals surface area contributed by atoms with E-state index in [1.807, 2.05) is 24.3 Å². The Morgan fingerprint density at radius 3 is 2.41 bits per heavy atom. The highest BCUT2D eigenvalue weighted by atomic mass is 35.5. The van der Waals surface area contributed by atoms with Crippen LogP contribution in [-0.2, 0) is 6.54 Å². The highest BCUT2D eigenvalue weighted by Gasteiger charge is 2.21. The van der Waals surface area contributed by atoms with E-state index in [1.165, 1.54) is 10.1 Å². The molecular formula is C22H32ClN7O2. The highest BCUT2D eigenvalue weighted by Crippen LogP contribution is 2.15. The summed E-state index contributed by atoms with van der Waals surface area (Å²) in [7, 11) is 0. The number of aromatic nitrogens is 2. The molecule has 4 rings (SSSR count). The van der Waals surface area contributed by atoms with Crippen molar-refractivity contribution in [2.75, 3.05) is 31.5 Å². The maximum absolute atomic E-state index is 12.5. The number of piperidine rings is 2. The van der Waals surface area contributed by atoms with Gasteiger partial charge in [0.15, 0.2) is 0 Å². The zero-order valence-electron chi connectivity index (χ0n) is 18.2. The van der Waals surface area contributed by atoms with Gasteiger partial charge in [-0.25, -0.2) is 9.59 Å². The summed E-state index contributed by atoms with van der Waals surface area (Å²) < 4.78 is 1.47. The van der Waals surface area contributed by atoms with Crippen molar-refractivity contribution in [3.05, 3.63) is 52.6 Å². The first-order chi connectivity index (χ1) is 15.0. The van der Waals surface area contributed by atoms with E-state index < -0.39 is 5.69 Å². The topological polar surface area (TPSA) is 123 Å². The Morgan fingerprint density at radius 2 is 1.75 bits per heavy atom. The van der Waals surface area contributed by atoms with E-state index in [2.05, 4.69) is 15.2 Å². The van der Waals surface area contributed by atoms with Crippen LogP contribution in [0.15, 0.2) is 41.3 Å². The predicted octanol–water partition coefficient (Wildman–Crippen LogP) is 1.53. The van der Waals surface area contributed by atoms with Crippen LogP contribution < -0.4 is 22.5 Å². The second-order valence-electron chi connectivity index (χ2n) is 8.52. The Bertz CT molecular complexity index is 957. The molecule has 1 aromatic heterocycles. The van der Waals surface area contributed by atoms with Gasteiger partial charge in [-0.05, 0) is 62.5 Å². The van der Waals surface area contributed by atoms with Crippen molar-refractivity contribution >= 4 is 24.3 Å². The Labute approximate surface area is 194 Å². The number of nitrogens with one attached hydrogen (secondary N) is 1. The third kappa shape index (κ3) is 6.07. The van der Waals surface area contributed by atoms with Crippen LogP contribution >= 0.6 is 12.4 Å². The summed E-state index contributed by atoms with van der Waals surface area (Å²) in [6.07, 6.45) is 5.50. The van der Waals surface area contributed by atoms with Gasteiger partial charge in [-0.1, -0.05) is 12.1 Å². The first-order valence-corrected chi connectivity index (χ1v) is 11.0. The fourth-order valence-electron chi connectivity index (χ4n) is 4.18. The summed E-state index contributed by atoms with van der Waals surface area (Å²) >= 11 is 0. The molecule has 2 fully saturated rings. The van der Waals surface area contributed by atoms with Crippen LogP contribution in [0, 0.1) is 0 Å². The van der Waals surface area contributed by atoms with Gasteiger partial charge in [-0.2, -0.15) is 4.98 Å². The number of likely N-dealkylation sites (tertiary alicyclic amines) is 2. The van der Waals surface area contributed by atoms with E-state index in [9.17, 15) is 9.59 Å². The van der Waals surface area contributed by atoms with Crippen LogP contribution in [0.5, 0.6) is 0 Å². The fraction of sp³-hybridized carbons (Fsp3) is 0.500. The summed E-state index contributed by atoms with van der Waals surface area (Å²) in [6, 6.07) is 9.58. The Morgan fingerprint density at radius 1 is 1.03 bits per heavy atom. The molecule has 0 radical (unpaired) electrons. The number of halogens is 1. The van der Waals surface area contributed by atoms with Gasteiger partial charge in [0.25, 0.3) is 0 Å². The minimum atomic E-state index is -0.439. The van der Waals surface area contributed by atoms with Gasteiger partial charge >= 0.3 is 11.7 Å². The summed E-state index contributed by atoms with van der Waals surface area (Å²) in [5.74, 6) is 0.241. The van der Waals surface area contributed by atoms with Crippen molar-refractivity contribution in [1.82, 2.24) is 19.4 Å². The molecule has 2 aliphatic rings. The fourth-order valence-corrected chi connectivity index (χ4v) is 4.18. The van der Waals surface area contributed by atoms with Crippen molar-refractivity contribution in [1.29, 1.82) is 0 Å². The lowest BCUT2D eigenvalue weighted by atomic mass is 10.1. The molecule has 2 aromatic rings. The van der Waals surface area contributed by atoms with Gasteiger partial charge in [0, 0.05) is 37.9 Å². The number of nitrogens with two attached hydrogens (primary N) is 2. The molecule has 10 heteroatoms. The van der Waals surface area contributed by atoms with E-state index >= 15 is 0 Å². The summed E-state index contributed by atoms with van der Waals surface area (Å²) in [4.78, 5) is 33.0. The second-order valence-corrected chi connectivity index (χ2v) is 8.52. The largest absolute Gasteiger partial charge is 0.354 e. The number of urea groups is 1. The number of rotatable bonds is 4. The van der Waals surface area contributed by atoms with Crippen molar-refractivity contribution in [2.24, 2.45) is 11.5 Å². The summed E-state index contributed by atoms with van der Waals surface area (Å²) in [5, 5.41) is 2.70. The molecule has 9 nitrogen and oxygen atoms in total. The Kier molecular flexibility index (Phi) is 8.25. The van der Waals surface area contributed by atoms with Crippen LogP contribution in [0.4, 0.5) is 10.6 Å². The van der Waals surface area contributed by atoms with E-state index in [0.717, 1.165) is 51.0 Å². The molecule has 32 heavy (non-hydrogen) atoms. The van der Waals surface area contributed by atoms with Gasteiger partial charge in [-0.3, -0.25) is 14.8 Å². The van der Waals surface area contributed by atoms with E-state index in [0.29, 0.717) is 19.1 Å². The summed E-state index contributed by atoms with van der Waals surface area (Å²) in [6.45, 7) is 4.09. The molecule has 0 bridgehead atoms. The predicted molar refractivity (Wildman–Crippen MR) is 127 cm³/mol. The molecule has 2 saturated heterocycles. The maximum Gasteiger partial charge on any atom is 0.354 e. The number of hydrogen-bond donors (Lipinski definition) is 3. The molecule has 3 heterocycles. The molecule has 2 aliphatic heterocycles. The molecule has 1 atom stereocenters. The number of anilines is 1. The van der Waals surface area contributed by atoms with E-state index in [4.69, 9.17) is 11.5 Å². The number of amides is 2. The highest BCUT2D eigenvalue weighted by molar-refractivity contribution is 5.88. The lowest BCUT2D eigenvalue weighted by Gasteiger charge is -2.30. The minimum Gasteiger partial charge on any atom is -0.328 e. The van der Waals surface area contributed by atoms with E-state index in [1.54, 1.807) is 17.2 Å². The normalized spacial score (nSPS) is 19.9. The summed E-state index contributed by atoms with van der Waals surface area (Å²) in [5.41, 5.74) is 13.4. The zero-order chi connectivity index (χ0) is 21.8. The number of hydrogen-bond acceptors (Lipinski definition) is 6. The Hall–Kier alpha value is -2.46. The molecule has 0 saturated carbocycles. The first kappa shape index (κ1) is 24.2. The van der Waals surface area contributed by atoms with Crippen molar-refractivity contribution in [3.63, 3.8) is 0 Å². The van der Waals surface area contributed by atoms with Crippen molar-refractivity contribution in [2.45, 2.75) is 44.3 Å². The number of nitrogens with zero attached hydrogens (tertiary/aromatic N) is 4. The van der Waals surface area contributed by atoms with Crippen LogP contribution in [0.2, 0.25) is 0 Å². The van der Waals surface area contributed by atoms with Crippen LogP contribution in [-0.4, -0.2) is 63.6 Å². The smallest absolute Gasteiger partial charge is 0.328 e. The number of carbonyl (C=O) groups is 1. The monoisotopic (exact) mass is 461 g/mol. The first-order valence-electron chi connectivity index (χ1n) is 11.0. The number of carbonyl (C=O) groups excluding carboxylic acids is 1. The molecule has 0 aliphatic carbocycles. The molecule has 174 valence electrons. The maximum atomic E-state index is 12.5. The second kappa shape index (κ2) is 10.9. The standard InChI is InChI=1S/C22H31N7O2.ClH/c23-17-7-11-27(12-8-17)14-16-3-5-19(6-4-16)29-13-9-20(26-22(29)31)25-21(30)28-10-1-2-18(24)15-28;/h3-6,9,13,17-18H,1-2,7-8,10-12,14-15,23-24H2,(H,25,26,30,31);1H/t18-;/m1./s1. The third-order valence-corrected chi connectivity index (χ3v) is 6.04. The van der Waals surface area contributed by atoms with Gasteiger partial charge in [0.1, 0.15) is 5.82 Å². The van der Waals surface area contributed by atoms with Crippen LogP contribution in [0.3, 0.4) is 0 Å². The zero-order valence-corrected chi connectivity index (χ0v) is 19.0. The molecule has 0 spiro atoms. The van der Waals surface area contributed by atoms with Gasteiger partial charge < -0.3 is 16.4 Å².